The van der Waals surface area contributed by atoms with Crippen molar-refractivity contribution in [3.8, 4) is 11.3 Å². The normalized spacial score (nSPS) is 11.4. The number of ether oxygens (including phenoxy) is 1. The molecule has 1 aromatic carbocycles. The number of aromatic nitrogens is 2. The highest BCUT2D eigenvalue weighted by molar-refractivity contribution is 5.97. The van der Waals surface area contributed by atoms with Crippen LogP contribution in [0.4, 0.5) is 0 Å². The first-order chi connectivity index (χ1) is 10.9. The molecule has 112 valence electrons. The summed E-state index contributed by atoms with van der Waals surface area (Å²) in [6.45, 7) is 5.74. The van der Waals surface area contributed by atoms with Gasteiger partial charge in [-0.3, -0.25) is 4.98 Å². The van der Waals surface area contributed by atoms with E-state index in [-0.39, 0.29) is 0 Å². The number of aryl methyl sites for hydroxylation is 1. The van der Waals surface area contributed by atoms with Crippen molar-refractivity contribution in [1.82, 2.24) is 9.55 Å². The highest BCUT2D eigenvalue weighted by Crippen LogP contribution is 2.34. The Morgan fingerprint density at radius 3 is 2.73 bits per heavy atom. The molecule has 3 rings (SSSR count). The van der Waals surface area contributed by atoms with Gasteiger partial charge in [0, 0.05) is 41.0 Å². The van der Waals surface area contributed by atoms with Gasteiger partial charge in [0.25, 0.3) is 0 Å². The molecule has 0 atom stereocenters. The van der Waals surface area contributed by atoms with Gasteiger partial charge in [0.05, 0.1) is 18.6 Å². The van der Waals surface area contributed by atoms with Crippen LogP contribution < -0.4 is 0 Å². The molecule has 2 heterocycles. The number of hydrogen-bond donors (Lipinski definition) is 0. The third kappa shape index (κ3) is 2.50. The van der Waals surface area contributed by atoms with E-state index >= 15 is 0 Å². The maximum atomic E-state index is 5.41. The van der Waals surface area contributed by atoms with Crippen molar-refractivity contribution in [2.75, 3.05) is 6.61 Å². The minimum absolute atomic E-state index is 0.672. The predicted octanol–water partition coefficient (Wildman–Crippen LogP) is 4.73. The molecule has 0 N–H and O–H groups in total. The van der Waals surface area contributed by atoms with Crippen LogP contribution in [0.5, 0.6) is 0 Å². The van der Waals surface area contributed by atoms with E-state index in [2.05, 4.69) is 52.9 Å². The van der Waals surface area contributed by atoms with E-state index in [4.69, 9.17) is 4.74 Å². The van der Waals surface area contributed by atoms with Crippen molar-refractivity contribution in [2.24, 2.45) is 0 Å². The maximum Gasteiger partial charge on any atom is 0.0845 e. The molecule has 0 unspecified atom stereocenters. The SMILES string of the molecule is CCOC=Cc1c(-c2cccnc2)n(CC)c2ccccc12. The van der Waals surface area contributed by atoms with E-state index in [9.17, 15) is 0 Å². The van der Waals surface area contributed by atoms with Gasteiger partial charge in [-0.25, -0.2) is 0 Å². The fourth-order valence-corrected chi connectivity index (χ4v) is 2.85. The number of para-hydroxylation sites is 1. The van der Waals surface area contributed by atoms with Gasteiger partial charge in [-0.1, -0.05) is 18.2 Å². The van der Waals surface area contributed by atoms with Crippen LogP contribution in [0.15, 0.2) is 55.1 Å². The van der Waals surface area contributed by atoms with Gasteiger partial charge >= 0.3 is 0 Å². The average molecular weight is 292 g/mol. The highest BCUT2D eigenvalue weighted by atomic mass is 16.5. The monoisotopic (exact) mass is 292 g/mol. The van der Waals surface area contributed by atoms with Crippen LogP contribution in [-0.4, -0.2) is 16.2 Å². The number of rotatable bonds is 5. The minimum Gasteiger partial charge on any atom is -0.501 e. The van der Waals surface area contributed by atoms with Gasteiger partial charge in [0.2, 0.25) is 0 Å². The van der Waals surface area contributed by atoms with Crippen LogP contribution in [-0.2, 0) is 11.3 Å². The smallest absolute Gasteiger partial charge is 0.0845 e. The maximum absolute atomic E-state index is 5.41. The fraction of sp³-hybridized carbons (Fsp3) is 0.211. The fourth-order valence-electron chi connectivity index (χ4n) is 2.85. The third-order valence-electron chi connectivity index (χ3n) is 3.76. The molecule has 22 heavy (non-hydrogen) atoms. The Balaban J connectivity index is 2.29. The predicted molar refractivity (Wildman–Crippen MR) is 91.5 cm³/mol. The first kappa shape index (κ1) is 14.4. The van der Waals surface area contributed by atoms with Crippen LogP contribution in [0.25, 0.3) is 28.2 Å². The van der Waals surface area contributed by atoms with Gasteiger partial charge in [-0.15, -0.1) is 0 Å². The van der Waals surface area contributed by atoms with E-state index in [1.165, 1.54) is 22.2 Å². The first-order valence-corrected chi connectivity index (χ1v) is 7.66. The first-order valence-electron chi connectivity index (χ1n) is 7.66. The molecular formula is C19H20N2O. The zero-order chi connectivity index (χ0) is 15.4. The van der Waals surface area contributed by atoms with E-state index in [0.717, 1.165) is 12.1 Å². The standard InChI is InChI=1S/C19H20N2O/c1-3-21-18-10-6-5-9-16(18)17(11-13-22-4-2)19(21)15-8-7-12-20-14-15/h5-14H,3-4H2,1-2H3. The molecule has 3 heteroatoms. The number of nitrogens with zero attached hydrogens (tertiary/aromatic N) is 2. The van der Waals surface area contributed by atoms with E-state index in [1.807, 2.05) is 19.2 Å². The average Bonchev–Trinajstić information content (AvgIpc) is 2.90. The number of hydrogen-bond acceptors (Lipinski definition) is 2. The van der Waals surface area contributed by atoms with Crippen LogP contribution in [0.3, 0.4) is 0 Å². The van der Waals surface area contributed by atoms with E-state index in [1.54, 1.807) is 12.5 Å². The summed E-state index contributed by atoms with van der Waals surface area (Å²) >= 11 is 0. The van der Waals surface area contributed by atoms with Gasteiger partial charge in [-0.05, 0) is 38.1 Å². The van der Waals surface area contributed by atoms with E-state index in [0.29, 0.717) is 6.61 Å². The largest absolute Gasteiger partial charge is 0.501 e. The molecule has 0 aliphatic heterocycles. The van der Waals surface area contributed by atoms with Gasteiger partial charge in [-0.2, -0.15) is 0 Å². The zero-order valence-corrected chi connectivity index (χ0v) is 13.0. The quantitative estimate of drug-likeness (QED) is 0.636. The molecule has 3 aromatic rings. The Labute approximate surface area is 130 Å². The zero-order valence-electron chi connectivity index (χ0n) is 13.0. The summed E-state index contributed by atoms with van der Waals surface area (Å²) in [6.07, 6.45) is 7.55. The van der Waals surface area contributed by atoms with E-state index < -0.39 is 0 Å². The van der Waals surface area contributed by atoms with Crippen molar-refractivity contribution >= 4 is 17.0 Å². The molecule has 0 saturated heterocycles. The topological polar surface area (TPSA) is 27.1 Å². The molecule has 0 spiro atoms. The summed E-state index contributed by atoms with van der Waals surface area (Å²) in [6, 6.07) is 12.6. The molecule has 0 amide bonds. The van der Waals surface area contributed by atoms with Gasteiger partial charge in [0.15, 0.2) is 0 Å². The number of benzene rings is 1. The molecule has 3 nitrogen and oxygen atoms in total. The van der Waals surface area contributed by atoms with Crippen LogP contribution in [0, 0.1) is 0 Å². The van der Waals surface area contributed by atoms with Crippen molar-refractivity contribution < 1.29 is 4.74 Å². The lowest BCUT2D eigenvalue weighted by atomic mass is 10.1. The van der Waals surface area contributed by atoms with Gasteiger partial charge < -0.3 is 9.30 Å². The lowest BCUT2D eigenvalue weighted by molar-refractivity contribution is 0.272. The summed E-state index contributed by atoms with van der Waals surface area (Å²) < 4.78 is 7.75. The molecule has 2 aromatic heterocycles. The molecule has 0 fully saturated rings. The summed E-state index contributed by atoms with van der Waals surface area (Å²) in [5, 5.41) is 1.24. The molecule has 0 radical (unpaired) electrons. The van der Waals surface area contributed by atoms with Gasteiger partial charge in [0.1, 0.15) is 0 Å². The molecular weight excluding hydrogens is 272 g/mol. The minimum atomic E-state index is 0.672. The number of pyridine rings is 1. The summed E-state index contributed by atoms with van der Waals surface area (Å²) in [5.41, 5.74) is 4.73. The third-order valence-corrected chi connectivity index (χ3v) is 3.76. The number of fused-ring (bicyclic) bond motifs is 1. The Morgan fingerprint density at radius 2 is 2.00 bits per heavy atom. The Kier molecular flexibility index (Phi) is 4.24. The second-order valence-electron chi connectivity index (χ2n) is 5.02. The second-order valence-corrected chi connectivity index (χ2v) is 5.02. The molecule has 0 aliphatic rings. The molecule has 0 bridgehead atoms. The van der Waals surface area contributed by atoms with Crippen LogP contribution in [0.1, 0.15) is 19.4 Å². The highest BCUT2D eigenvalue weighted by Gasteiger charge is 2.15. The Hall–Kier alpha value is -2.55. The Morgan fingerprint density at radius 1 is 1.14 bits per heavy atom. The molecule has 0 aliphatic carbocycles. The van der Waals surface area contributed by atoms with Crippen LogP contribution in [0.2, 0.25) is 0 Å². The van der Waals surface area contributed by atoms with Crippen LogP contribution >= 0.6 is 0 Å². The van der Waals surface area contributed by atoms with Crippen molar-refractivity contribution in [2.45, 2.75) is 20.4 Å². The lowest BCUT2D eigenvalue weighted by Gasteiger charge is -2.09. The van der Waals surface area contributed by atoms with Crippen molar-refractivity contribution in [3.63, 3.8) is 0 Å². The summed E-state index contributed by atoms with van der Waals surface area (Å²) in [7, 11) is 0. The summed E-state index contributed by atoms with van der Waals surface area (Å²) in [5.74, 6) is 0. The lowest BCUT2D eigenvalue weighted by Crippen LogP contribution is -1.97. The van der Waals surface area contributed by atoms with Crippen molar-refractivity contribution in [3.05, 3.63) is 60.6 Å². The van der Waals surface area contributed by atoms with Crippen molar-refractivity contribution in [1.29, 1.82) is 0 Å². The second kappa shape index (κ2) is 6.48. The molecule has 0 saturated carbocycles. The summed E-state index contributed by atoms with van der Waals surface area (Å²) in [4.78, 5) is 4.28. The Bertz CT molecular complexity index is 788.